The van der Waals surface area contributed by atoms with Crippen molar-refractivity contribution in [3.8, 4) is 0 Å². The van der Waals surface area contributed by atoms with Gasteiger partial charge in [0.05, 0.1) is 4.47 Å². The summed E-state index contributed by atoms with van der Waals surface area (Å²) in [4.78, 5) is 11.9. The molecule has 2 bridgehead atoms. The van der Waals surface area contributed by atoms with Crippen molar-refractivity contribution in [2.75, 3.05) is 0 Å². The second-order valence-electron chi connectivity index (χ2n) is 4.84. The summed E-state index contributed by atoms with van der Waals surface area (Å²) in [5.41, 5.74) is 0.584. The third-order valence-corrected chi connectivity index (χ3v) is 4.21. The van der Waals surface area contributed by atoms with Crippen LogP contribution in [0.4, 0.5) is 4.39 Å². The Morgan fingerprint density at radius 3 is 2.62 bits per heavy atom. The Balaban J connectivity index is 1.75. The molecule has 1 aromatic carbocycles. The molecule has 0 aromatic heterocycles. The molecular weight excluding hydrogens is 273 g/mol. The van der Waals surface area contributed by atoms with Crippen LogP contribution in [-0.4, -0.2) is 11.4 Å². The van der Waals surface area contributed by atoms with Crippen LogP contribution in [0.3, 0.4) is 0 Å². The van der Waals surface area contributed by atoms with Crippen molar-refractivity contribution in [2.45, 2.75) is 24.8 Å². The van der Waals surface area contributed by atoms with Gasteiger partial charge in [0.1, 0.15) is 5.82 Å². The zero-order valence-corrected chi connectivity index (χ0v) is 10.2. The minimum absolute atomic E-state index is 0.0720. The average molecular weight is 284 g/mol. The predicted molar refractivity (Wildman–Crippen MR) is 61.6 cm³/mol. The van der Waals surface area contributed by atoms with Crippen LogP contribution in [0.25, 0.3) is 0 Å². The van der Waals surface area contributed by atoms with Crippen LogP contribution in [0.1, 0.15) is 29.6 Å². The van der Waals surface area contributed by atoms with E-state index in [4.69, 9.17) is 0 Å². The van der Waals surface area contributed by atoms with Crippen molar-refractivity contribution < 1.29 is 9.18 Å². The van der Waals surface area contributed by atoms with E-state index in [-0.39, 0.29) is 17.3 Å². The fraction of sp³-hybridized carbons (Fsp3) is 0.417. The predicted octanol–water partition coefficient (Wildman–Crippen LogP) is 2.87. The van der Waals surface area contributed by atoms with E-state index in [1.165, 1.54) is 18.2 Å². The van der Waals surface area contributed by atoms with Crippen LogP contribution in [0.2, 0.25) is 0 Å². The average Bonchev–Trinajstić information content (AvgIpc) is 2.13. The highest BCUT2D eigenvalue weighted by molar-refractivity contribution is 9.10. The molecule has 3 fully saturated rings. The smallest absolute Gasteiger partial charge is 0.251 e. The van der Waals surface area contributed by atoms with Crippen LogP contribution in [-0.2, 0) is 0 Å². The van der Waals surface area contributed by atoms with Crippen LogP contribution < -0.4 is 5.32 Å². The molecule has 0 unspecified atom stereocenters. The van der Waals surface area contributed by atoms with E-state index in [9.17, 15) is 9.18 Å². The maximum atomic E-state index is 13.0. The summed E-state index contributed by atoms with van der Waals surface area (Å²) >= 11 is 3.08. The highest BCUT2D eigenvalue weighted by Gasteiger charge is 2.57. The molecule has 1 N–H and O–H groups in total. The Hall–Kier alpha value is -0.900. The normalized spacial score (nSPS) is 30.2. The fourth-order valence-corrected chi connectivity index (χ4v) is 2.96. The topological polar surface area (TPSA) is 29.1 Å². The molecule has 3 aliphatic rings. The molecule has 0 heterocycles. The fourth-order valence-electron chi connectivity index (χ4n) is 2.58. The summed E-state index contributed by atoms with van der Waals surface area (Å²) in [6.45, 7) is 0. The van der Waals surface area contributed by atoms with Gasteiger partial charge in [-0.2, -0.15) is 0 Å². The molecule has 2 nitrogen and oxygen atoms in total. The quantitative estimate of drug-likeness (QED) is 0.889. The number of carbonyl (C=O) groups excluding carboxylic acids is 1. The molecule has 3 saturated carbocycles. The summed E-state index contributed by atoms with van der Waals surface area (Å²) in [7, 11) is 0. The van der Waals surface area contributed by atoms with Crippen LogP contribution in [0.5, 0.6) is 0 Å². The first kappa shape index (κ1) is 10.3. The molecule has 84 valence electrons. The van der Waals surface area contributed by atoms with Crippen molar-refractivity contribution >= 4 is 21.8 Å². The molecule has 16 heavy (non-hydrogen) atoms. The Morgan fingerprint density at radius 2 is 2.12 bits per heavy atom. The Kier molecular flexibility index (Phi) is 2.11. The Morgan fingerprint density at radius 1 is 1.44 bits per heavy atom. The van der Waals surface area contributed by atoms with Gasteiger partial charge in [-0.1, -0.05) is 0 Å². The van der Waals surface area contributed by atoms with Gasteiger partial charge in [-0.3, -0.25) is 4.79 Å². The number of rotatable bonds is 2. The molecule has 0 aliphatic heterocycles. The minimum Gasteiger partial charge on any atom is -0.347 e. The van der Waals surface area contributed by atoms with E-state index in [1.807, 2.05) is 0 Å². The minimum atomic E-state index is -0.345. The van der Waals surface area contributed by atoms with Gasteiger partial charge >= 0.3 is 0 Å². The van der Waals surface area contributed by atoms with Crippen molar-refractivity contribution in [2.24, 2.45) is 5.92 Å². The Labute approximate surface area is 101 Å². The molecule has 0 spiro atoms. The number of carbonyl (C=O) groups is 1. The number of nitrogens with one attached hydrogen (secondary N) is 1. The first-order valence-electron chi connectivity index (χ1n) is 5.36. The van der Waals surface area contributed by atoms with Crippen molar-refractivity contribution in [3.05, 3.63) is 34.1 Å². The van der Waals surface area contributed by atoms with Gasteiger partial charge in [0.2, 0.25) is 0 Å². The van der Waals surface area contributed by atoms with Gasteiger partial charge in [0, 0.05) is 11.1 Å². The summed E-state index contributed by atoms with van der Waals surface area (Å²) in [6, 6.07) is 4.35. The molecule has 1 aromatic rings. The molecule has 3 aliphatic carbocycles. The van der Waals surface area contributed by atoms with Gasteiger partial charge in [0.15, 0.2) is 0 Å². The summed E-state index contributed by atoms with van der Waals surface area (Å²) in [6.07, 6.45) is 3.34. The lowest BCUT2D eigenvalue weighted by Crippen LogP contribution is -2.68. The zero-order valence-electron chi connectivity index (χ0n) is 8.59. The second kappa shape index (κ2) is 3.29. The molecular formula is C12H11BrFNO. The van der Waals surface area contributed by atoms with Crippen molar-refractivity contribution in [1.82, 2.24) is 5.32 Å². The maximum Gasteiger partial charge on any atom is 0.251 e. The van der Waals surface area contributed by atoms with Gasteiger partial charge in [-0.15, -0.1) is 0 Å². The Bertz CT molecular complexity index is 457. The third-order valence-electron chi connectivity index (χ3n) is 3.60. The molecule has 4 rings (SSSR count). The van der Waals surface area contributed by atoms with Crippen LogP contribution >= 0.6 is 15.9 Å². The number of amides is 1. The van der Waals surface area contributed by atoms with Crippen molar-refractivity contribution in [1.29, 1.82) is 0 Å². The maximum absolute atomic E-state index is 13.0. The lowest BCUT2D eigenvalue weighted by molar-refractivity contribution is -0.0438. The van der Waals surface area contributed by atoms with E-state index < -0.39 is 0 Å². The number of halogens is 2. The third kappa shape index (κ3) is 1.47. The number of benzene rings is 1. The van der Waals surface area contributed by atoms with Crippen LogP contribution in [0, 0.1) is 11.7 Å². The monoisotopic (exact) mass is 283 g/mol. The first-order chi connectivity index (χ1) is 7.58. The summed E-state index contributed by atoms with van der Waals surface area (Å²) < 4.78 is 13.3. The zero-order chi connectivity index (χ0) is 11.3. The highest BCUT2D eigenvalue weighted by atomic mass is 79.9. The molecule has 0 radical (unpaired) electrons. The van der Waals surface area contributed by atoms with E-state index in [1.54, 1.807) is 0 Å². The van der Waals surface area contributed by atoms with E-state index in [0.29, 0.717) is 10.0 Å². The summed E-state index contributed by atoms with van der Waals surface area (Å²) in [5, 5.41) is 3.04. The number of hydrogen-bond donors (Lipinski definition) is 1. The first-order valence-corrected chi connectivity index (χ1v) is 6.15. The van der Waals surface area contributed by atoms with Gasteiger partial charge in [-0.25, -0.2) is 4.39 Å². The SMILES string of the molecule is O=C(NC12CC(C1)C2)c1ccc(F)c(Br)c1. The lowest BCUT2D eigenvalue weighted by atomic mass is 9.50. The highest BCUT2D eigenvalue weighted by Crippen LogP contribution is 2.56. The van der Waals surface area contributed by atoms with Gasteiger partial charge < -0.3 is 5.32 Å². The largest absolute Gasteiger partial charge is 0.347 e. The molecule has 4 heteroatoms. The van der Waals surface area contributed by atoms with E-state index in [0.717, 1.165) is 25.2 Å². The second-order valence-corrected chi connectivity index (χ2v) is 5.70. The van der Waals surface area contributed by atoms with Crippen LogP contribution in [0.15, 0.2) is 22.7 Å². The molecule has 1 amide bonds. The van der Waals surface area contributed by atoms with Gasteiger partial charge in [0.25, 0.3) is 5.91 Å². The number of hydrogen-bond acceptors (Lipinski definition) is 1. The lowest BCUT2D eigenvalue weighted by Gasteiger charge is -2.61. The van der Waals surface area contributed by atoms with Gasteiger partial charge in [-0.05, 0) is 59.3 Å². The van der Waals surface area contributed by atoms with Crippen molar-refractivity contribution in [3.63, 3.8) is 0 Å². The summed E-state index contributed by atoms with van der Waals surface area (Å²) in [5.74, 6) is 0.390. The van der Waals surface area contributed by atoms with E-state index in [2.05, 4.69) is 21.2 Å². The standard InChI is InChI=1S/C12H11BrFNO/c13-9-3-8(1-2-10(9)14)11(16)15-12-4-7(5-12)6-12/h1-3,7H,4-6H2,(H,15,16). The molecule has 0 saturated heterocycles. The van der Waals surface area contributed by atoms with E-state index >= 15 is 0 Å². The molecule has 0 atom stereocenters.